The minimum Gasteiger partial charge on any atom is -0.442 e. The molecule has 4 rings (SSSR count). The molecule has 0 radical (unpaired) electrons. The molecule has 1 aromatic carbocycles. The van der Waals surface area contributed by atoms with Crippen molar-refractivity contribution in [1.82, 2.24) is 24.9 Å². The summed E-state index contributed by atoms with van der Waals surface area (Å²) in [7, 11) is 0. The number of halogens is 1. The summed E-state index contributed by atoms with van der Waals surface area (Å²) in [5.74, 6) is 6.53. The van der Waals surface area contributed by atoms with Gasteiger partial charge in [0, 0.05) is 29.3 Å². The first-order valence-electron chi connectivity index (χ1n) is 9.18. The quantitative estimate of drug-likeness (QED) is 0.386. The number of nitrogen functional groups attached to an aromatic ring is 1. The van der Waals surface area contributed by atoms with Crippen LogP contribution in [0.15, 0.2) is 41.1 Å². The van der Waals surface area contributed by atoms with Crippen molar-refractivity contribution in [2.24, 2.45) is 0 Å². The van der Waals surface area contributed by atoms with Crippen LogP contribution in [0.5, 0.6) is 0 Å². The number of anilines is 1. The number of rotatable bonds is 5. The summed E-state index contributed by atoms with van der Waals surface area (Å²) in [5, 5.41) is 9.21. The largest absolute Gasteiger partial charge is 0.442 e. The van der Waals surface area contributed by atoms with Gasteiger partial charge in [0.05, 0.1) is 11.2 Å². The molecule has 0 amide bonds. The number of hydrogen-bond acceptors (Lipinski definition) is 8. The van der Waals surface area contributed by atoms with Crippen LogP contribution < -0.4 is 5.73 Å². The maximum atomic E-state index is 12.8. The van der Waals surface area contributed by atoms with Crippen molar-refractivity contribution in [3.8, 4) is 17.7 Å². The van der Waals surface area contributed by atoms with E-state index >= 15 is 0 Å². The van der Waals surface area contributed by atoms with Crippen molar-refractivity contribution in [3.05, 3.63) is 59.2 Å². The maximum absolute atomic E-state index is 12.8. The van der Waals surface area contributed by atoms with Crippen molar-refractivity contribution in [2.45, 2.75) is 26.1 Å². The molecule has 1 atom stereocenters. The zero-order valence-electron chi connectivity index (χ0n) is 16.7. The smallest absolute Gasteiger partial charge is 0.294 e. The van der Waals surface area contributed by atoms with Gasteiger partial charge >= 0.3 is 0 Å². The van der Waals surface area contributed by atoms with Gasteiger partial charge in [0.15, 0.2) is 11.6 Å². The number of carbonyl (C=O) groups is 1. The summed E-state index contributed by atoms with van der Waals surface area (Å²) in [6, 6.07) is 8.59. The van der Waals surface area contributed by atoms with Gasteiger partial charge in [0.2, 0.25) is 11.5 Å². The van der Waals surface area contributed by atoms with Crippen LogP contribution in [0.1, 0.15) is 29.6 Å². The van der Waals surface area contributed by atoms with Crippen LogP contribution in [0.25, 0.3) is 16.7 Å². The van der Waals surface area contributed by atoms with Gasteiger partial charge in [-0.25, -0.2) is 14.1 Å². The van der Waals surface area contributed by atoms with Crippen LogP contribution in [-0.2, 0) is 21.8 Å². The van der Waals surface area contributed by atoms with E-state index < -0.39 is 12.3 Å². The van der Waals surface area contributed by atoms with E-state index in [-0.39, 0.29) is 23.9 Å². The van der Waals surface area contributed by atoms with E-state index in [1.54, 1.807) is 23.9 Å². The van der Waals surface area contributed by atoms with E-state index in [0.717, 1.165) is 16.6 Å². The van der Waals surface area contributed by atoms with E-state index in [0.29, 0.717) is 11.4 Å². The summed E-state index contributed by atoms with van der Waals surface area (Å²) in [6.07, 6.45) is 1.55. The van der Waals surface area contributed by atoms with E-state index in [4.69, 9.17) is 15.0 Å². The highest BCUT2D eigenvalue weighted by molar-refractivity contribution is 5.84. The second-order valence-corrected chi connectivity index (χ2v) is 6.81. The van der Waals surface area contributed by atoms with Crippen LogP contribution in [0.3, 0.4) is 0 Å². The molecule has 0 aliphatic carbocycles. The molecule has 0 bridgehead atoms. The zero-order chi connectivity index (χ0) is 22.0. The first-order valence-corrected chi connectivity index (χ1v) is 9.18. The van der Waals surface area contributed by atoms with Gasteiger partial charge in [0.25, 0.3) is 6.47 Å². The summed E-state index contributed by atoms with van der Waals surface area (Å²) < 4.78 is 24.5. The standard InChI is InChI=1S/C21H17FN6O3/c1-13-16-4-3-14(9-17(16)28(26-13)19-6-8-24-20(23)25-19)5-7-21(2,30-12-29)18-10-15(11-22)31-27-18/h3-4,6,8-10,12H,11H2,1-2H3,(H2,23,24,25). The van der Waals surface area contributed by atoms with Crippen molar-refractivity contribution < 1.29 is 18.4 Å². The highest BCUT2D eigenvalue weighted by atomic mass is 19.1. The monoisotopic (exact) mass is 420 g/mol. The van der Waals surface area contributed by atoms with Crippen molar-refractivity contribution in [1.29, 1.82) is 0 Å². The molecule has 9 nitrogen and oxygen atoms in total. The maximum Gasteiger partial charge on any atom is 0.294 e. The summed E-state index contributed by atoms with van der Waals surface area (Å²) >= 11 is 0. The number of hydrogen-bond donors (Lipinski definition) is 1. The van der Waals surface area contributed by atoms with Crippen LogP contribution in [0.4, 0.5) is 10.3 Å². The van der Waals surface area contributed by atoms with E-state index in [1.165, 1.54) is 6.07 Å². The van der Waals surface area contributed by atoms with Gasteiger partial charge in [-0.1, -0.05) is 11.1 Å². The Labute approximate surface area is 176 Å². The highest BCUT2D eigenvalue weighted by Gasteiger charge is 2.30. The Kier molecular flexibility index (Phi) is 5.09. The molecular weight excluding hydrogens is 403 g/mol. The number of fused-ring (bicyclic) bond motifs is 1. The van der Waals surface area contributed by atoms with E-state index in [2.05, 4.69) is 32.1 Å². The summed E-state index contributed by atoms with van der Waals surface area (Å²) in [5.41, 5.74) is 6.69. The molecule has 0 saturated heterocycles. The van der Waals surface area contributed by atoms with Crippen LogP contribution >= 0.6 is 0 Å². The molecule has 156 valence electrons. The van der Waals surface area contributed by atoms with Gasteiger partial charge in [-0.3, -0.25) is 4.79 Å². The lowest BCUT2D eigenvalue weighted by Gasteiger charge is -2.18. The van der Waals surface area contributed by atoms with Crippen molar-refractivity contribution in [2.75, 3.05) is 5.73 Å². The molecule has 0 aliphatic heterocycles. The average molecular weight is 420 g/mol. The lowest BCUT2D eigenvalue weighted by atomic mass is 10.0. The number of nitrogens with two attached hydrogens (primary N) is 1. The zero-order valence-corrected chi connectivity index (χ0v) is 16.7. The molecule has 4 aromatic rings. The first kappa shape index (κ1) is 20.0. The second kappa shape index (κ2) is 7.87. The highest BCUT2D eigenvalue weighted by Crippen LogP contribution is 2.25. The third-order valence-corrected chi connectivity index (χ3v) is 4.65. The molecule has 3 aromatic heterocycles. The van der Waals surface area contributed by atoms with E-state index in [1.807, 2.05) is 25.1 Å². The Balaban J connectivity index is 1.78. The molecule has 1 unspecified atom stereocenters. The topological polar surface area (TPSA) is 122 Å². The molecule has 3 heterocycles. The first-order chi connectivity index (χ1) is 14.9. The number of nitrogens with zero attached hydrogens (tertiary/aromatic N) is 5. The predicted octanol–water partition coefficient (Wildman–Crippen LogP) is 2.60. The molecule has 0 fully saturated rings. The minimum absolute atomic E-state index is 0.0162. The second-order valence-electron chi connectivity index (χ2n) is 6.81. The summed E-state index contributed by atoms with van der Waals surface area (Å²) in [4.78, 5) is 19.2. The number of alkyl halides is 1. The van der Waals surface area contributed by atoms with Crippen LogP contribution in [0.2, 0.25) is 0 Å². The minimum atomic E-state index is -1.41. The Morgan fingerprint density at radius 2 is 2.19 bits per heavy atom. The van der Waals surface area contributed by atoms with Crippen LogP contribution in [0, 0.1) is 18.8 Å². The molecule has 31 heavy (non-hydrogen) atoms. The Morgan fingerprint density at radius 3 is 2.90 bits per heavy atom. The Hall–Kier alpha value is -4.26. The molecule has 0 spiro atoms. The van der Waals surface area contributed by atoms with Crippen molar-refractivity contribution in [3.63, 3.8) is 0 Å². The third kappa shape index (κ3) is 3.81. The van der Waals surface area contributed by atoms with Gasteiger partial charge in [-0.2, -0.15) is 10.1 Å². The Morgan fingerprint density at radius 1 is 1.35 bits per heavy atom. The summed E-state index contributed by atoms with van der Waals surface area (Å²) in [6.45, 7) is 2.87. The molecular formula is C21H17FN6O3. The fourth-order valence-electron chi connectivity index (χ4n) is 3.05. The van der Waals surface area contributed by atoms with Gasteiger partial charge in [-0.05, 0) is 38.0 Å². The lowest BCUT2D eigenvalue weighted by molar-refractivity contribution is -0.138. The molecule has 0 aliphatic rings. The third-order valence-electron chi connectivity index (χ3n) is 4.65. The number of carbonyl (C=O) groups excluding carboxylic acids is 1. The number of ether oxygens (including phenoxy) is 1. The van der Waals surface area contributed by atoms with Crippen molar-refractivity contribution >= 4 is 23.3 Å². The normalized spacial score (nSPS) is 12.7. The SMILES string of the molecule is Cc1nn(-c2ccnc(N)n2)c2cc(C#CC(C)(OC=O)c3cc(CF)on3)ccc12. The molecule has 10 heteroatoms. The number of benzene rings is 1. The van der Waals surface area contributed by atoms with Gasteiger partial charge in [0.1, 0.15) is 12.4 Å². The number of aromatic nitrogens is 5. The predicted molar refractivity (Wildman–Crippen MR) is 109 cm³/mol. The van der Waals surface area contributed by atoms with Gasteiger partial charge in [-0.15, -0.1) is 0 Å². The van der Waals surface area contributed by atoms with E-state index in [9.17, 15) is 9.18 Å². The molecule has 2 N–H and O–H groups in total. The van der Waals surface area contributed by atoms with Gasteiger partial charge < -0.3 is 15.0 Å². The molecule has 0 saturated carbocycles. The lowest BCUT2D eigenvalue weighted by Crippen LogP contribution is -2.24. The number of aryl methyl sites for hydroxylation is 1. The van der Waals surface area contributed by atoms with Crippen LogP contribution in [-0.4, -0.2) is 31.4 Å². The average Bonchev–Trinajstić information content (AvgIpc) is 3.38. The fourth-order valence-corrected chi connectivity index (χ4v) is 3.05. The Bertz CT molecular complexity index is 1340. The fraction of sp³-hybridized carbons (Fsp3) is 0.190.